The normalized spacial score (nSPS) is 59.4. The summed E-state index contributed by atoms with van der Waals surface area (Å²) in [7, 11) is 0. The van der Waals surface area contributed by atoms with Crippen molar-refractivity contribution in [1.29, 1.82) is 0 Å². The summed E-state index contributed by atoms with van der Waals surface area (Å²) in [5, 5.41) is 20.1. The van der Waals surface area contributed by atoms with Gasteiger partial charge in [-0.15, -0.1) is 0 Å². The van der Waals surface area contributed by atoms with Gasteiger partial charge in [-0.25, -0.2) is 0 Å². The molecule has 6 aliphatic rings. The summed E-state index contributed by atoms with van der Waals surface area (Å²) in [5.41, 5.74) is -2.09. The van der Waals surface area contributed by atoms with Crippen molar-refractivity contribution < 1.29 is 38.7 Å². The van der Waals surface area contributed by atoms with Crippen LogP contribution in [0.25, 0.3) is 0 Å². The summed E-state index contributed by atoms with van der Waals surface area (Å²) in [5.74, 6) is -2.04. The van der Waals surface area contributed by atoms with E-state index < -0.39 is 35.0 Å². The first-order chi connectivity index (χ1) is 17.6. The number of hydrogen-bond acceptors (Lipinski definition) is 6. The molecule has 38 heavy (non-hydrogen) atoms. The van der Waals surface area contributed by atoms with E-state index in [1.165, 1.54) is 0 Å². The predicted octanol–water partition coefficient (Wildman–Crippen LogP) is 4.24. The maximum Gasteiger partial charge on any atom is 0.307 e. The van der Waals surface area contributed by atoms with Crippen LogP contribution in [0.15, 0.2) is 0 Å². The smallest absolute Gasteiger partial charge is 0.307 e. The second-order valence-electron chi connectivity index (χ2n) is 14.5. The fraction of sp³-hybridized carbons (Fsp3) is 0.933. The van der Waals surface area contributed by atoms with Gasteiger partial charge in [-0.3, -0.25) is 9.59 Å². The van der Waals surface area contributed by atoms with E-state index in [1.807, 2.05) is 0 Å². The maximum atomic E-state index is 12.3. The minimum Gasteiger partial charge on any atom is -0.481 e. The molecule has 8 nitrogen and oxygen atoms in total. The Morgan fingerprint density at radius 3 is 1.63 bits per heavy atom. The van der Waals surface area contributed by atoms with Crippen molar-refractivity contribution in [3.05, 3.63) is 0 Å². The van der Waals surface area contributed by atoms with E-state index in [2.05, 4.69) is 62.3 Å². The van der Waals surface area contributed by atoms with Gasteiger partial charge in [0.15, 0.2) is 0 Å². The van der Waals surface area contributed by atoms with E-state index in [-0.39, 0.29) is 63.8 Å². The number of aliphatic carboxylic acids is 2. The van der Waals surface area contributed by atoms with Crippen LogP contribution in [0.1, 0.15) is 75.2 Å². The Labute approximate surface area is 226 Å². The molecule has 0 aromatic rings. The number of rotatable bonds is 9. The van der Waals surface area contributed by atoms with E-state index in [0.717, 1.165) is 12.8 Å². The van der Waals surface area contributed by atoms with Gasteiger partial charge in [-0.05, 0) is 43.4 Å². The molecule has 2 heterocycles. The van der Waals surface area contributed by atoms with Gasteiger partial charge < -0.3 is 29.2 Å². The van der Waals surface area contributed by atoms with Gasteiger partial charge in [0, 0.05) is 22.7 Å². The first-order valence-electron chi connectivity index (χ1n) is 14.6. The van der Waals surface area contributed by atoms with Crippen LogP contribution in [0.4, 0.5) is 0 Å². The molecular formula is C30H46O8. The Kier molecular flexibility index (Phi) is 5.35. The number of hydrogen-bond donors (Lipinski definition) is 2. The molecule has 14 atom stereocenters. The van der Waals surface area contributed by atoms with Crippen LogP contribution in [0.3, 0.4) is 0 Å². The highest BCUT2D eigenvalue weighted by Gasteiger charge is 2.95. The molecule has 4 saturated carbocycles. The van der Waals surface area contributed by atoms with Crippen molar-refractivity contribution in [2.75, 3.05) is 13.2 Å². The predicted molar refractivity (Wildman–Crippen MR) is 137 cm³/mol. The third kappa shape index (κ3) is 2.47. The van der Waals surface area contributed by atoms with Gasteiger partial charge in [-0.2, -0.15) is 0 Å². The molecule has 0 spiro atoms. The summed E-state index contributed by atoms with van der Waals surface area (Å²) in [6.45, 7) is 19.9. The third-order valence-corrected chi connectivity index (χ3v) is 13.8. The molecule has 2 N–H and O–H groups in total. The van der Waals surface area contributed by atoms with Gasteiger partial charge in [0.25, 0.3) is 0 Å². The summed E-state index contributed by atoms with van der Waals surface area (Å²) >= 11 is 0. The molecule has 8 heteroatoms. The van der Waals surface area contributed by atoms with Crippen LogP contribution in [0.5, 0.6) is 0 Å². The van der Waals surface area contributed by atoms with E-state index in [0.29, 0.717) is 13.2 Å². The molecule has 6 fully saturated rings. The van der Waals surface area contributed by atoms with Crippen LogP contribution >= 0.6 is 0 Å². The zero-order valence-electron chi connectivity index (χ0n) is 24.4. The van der Waals surface area contributed by atoms with Crippen LogP contribution in [-0.4, -0.2) is 71.0 Å². The lowest BCUT2D eigenvalue weighted by Gasteiger charge is -2.53. The number of ether oxygens (including phenoxy) is 4. The summed E-state index contributed by atoms with van der Waals surface area (Å²) in [6, 6.07) is 0. The minimum atomic E-state index is -0.736. The van der Waals surface area contributed by atoms with Crippen molar-refractivity contribution in [2.45, 2.75) is 111 Å². The lowest BCUT2D eigenvalue weighted by molar-refractivity contribution is -0.168. The van der Waals surface area contributed by atoms with E-state index >= 15 is 0 Å². The highest BCUT2D eigenvalue weighted by molar-refractivity contribution is 5.77. The maximum absolute atomic E-state index is 12.3. The highest BCUT2D eigenvalue weighted by Crippen LogP contribution is 2.90. The largest absolute Gasteiger partial charge is 0.481 e. The number of fused-ring (bicyclic) bond motifs is 3. The van der Waals surface area contributed by atoms with Gasteiger partial charge >= 0.3 is 11.9 Å². The van der Waals surface area contributed by atoms with Gasteiger partial charge in [0.05, 0.1) is 36.3 Å². The molecule has 6 rings (SSSR count). The second kappa shape index (κ2) is 7.54. The number of carboxylic acid groups (broad SMARTS) is 2. The first-order valence-corrected chi connectivity index (χ1v) is 14.6. The lowest BCUT2D eigenvalue weighted by atomic mass is 9.49. The van der Waals surface area contributed by atoms with Gasteiger partial charge in [-0.1, -0.05) is 48.5 Å². The average molecular weight is 535 g/mol. The Morgan fingerprint density at radius 2 is 1.24 bits per heavy atom. The summed E-state index contributed by atoms with van der Waals surface area (Å²) in [4.78, 5) is 24.4. The zero-order valence-corrected chi connectivity index (χ0v) is 24.4. The fourth-order valence-electron chi connectivity index (χ4n) is 11.8. The van der Waals surface area contributed by atoms with Crippen molar-refractivity contribution in [2.24, 2.45) is 51.2 Å². The summed E-state index contributed by atoms with van der Waals surface area (Å²) in [6.07, 6.45) is 0.455. The van der Waals surface area contributed by atoms with Crippen molar-refractivity contribution in [1.82, 2.24) is 0 Å². The van der Waals surface area contributed by atoms with Crippen LogP contribution < -0.4 is 0 Å². The minimum absolute atomic E-state index is 0.0171. The molecule has 2 saturated heterocycles. The molecule has 0 radical (unpaired) electrons. The monoisotopic (exact) mass is 534 g/mol. The molecule has 10 unspecified atom stereocenters. The SMILES string of the molecule is CCC1(C)C(C(=O)O)C2C(C)(O[C@@H]3CO[C@H]4[C@@H]3OC[C@H]4OC3(C)C4C(C(=O)O)C(C)(CC)C43C(C)C)C21C. The zero-order chi connectivity index (χ0) is 28.0. The third-order valence-electron chi connectivity index (χ3n) is 13.8. The van der Waals surface area contributed by atoms with Crippen molar-refractivity contribution in [3.8, 4) is 0 Å². The van der Waals surface area contributed by atoms with E-state index in [9.17, 15) is 19.8 Å². The average Bonchev–Trinajstić information content (AvgIpc) is 3.22. The second-order valence-corrected chi connectivity index (χ2v) is 14.5. The Morgan fingerprint density at radius 1 is 0.789 bits per heavy atom. The highest BCUT2D eigenvalue weighted by atomic mass is 16.7. The number of carbonyl (C=O) groups is 2. The quantitative estimate of drug-likeness (QED) is 0.452. The molecule has 0 aromatic heterocycles. The molecule has 0 amide bonds. The molecule has 0 bridgehead atoms. The van der Waals surface area contributed by atoms with E-state index in [4.69, 9.17) is 18.9 Å². The van der Waals surface area contributed by atoms with Gasteiger partial charge in [0.2, 0.25) is 0 Å². The number of carboxylic acids is 2. The van der Waals surface area contributed by atoms with Gasteiger partial charge in [0.1, 0.15) is 24.4 Å². The Hall–Kier alpha value is -1.22. The Balaban J connectivity index is 1.18. The van der Waals surface area contributed by atoms with Crippen LogP contribution in [-0.2, 0) is 28.5 Å². The standard InChI is InChI=1S/C30H46O8/c1-10-25(5)17(23(31)32)21-27(25,7)28(21,8)37-15-12-35-20-16(13-36-19(15)20)38-29(9)22-18(24(33)34)26(6,11-2)30(22,29)14(3)4/h14-22H,10-13H2,1-9H3,(H,31,32)(H,33,34)/t15-,16-,17?,18?,19-,20-,21?,22?,25?,26?,27?,28?,29?,30?/m1/s1. The molecular weight excluding hydrogens is 488 g/mol. The molecule has 0 aromatic carbocycles. The summed E-state index contributed by atoms with van der Waals surface area (Å²) < 4.78 is 26.1. The van der Waals surface area contributed by atoms with E-state index in [1.54, 1.807) is 0 Å². The van der Waals surface area contributed by atoms with Crippen molar-refractivity contribution >= 4 is 11.9 Å². The lowest BCUT2D eigenvalue weighted by Crippen LogP contribution is -2.55. The molecule has 214 valence electrons. The van der Waals surface area contributed by atoms with Crippen LogP contribution in [0, 0.1) is 51.2 Å². The van der Waals surface area contributed by atoms with Crippen LogP contribution in [0.2, 0.25) is 0 Å². The molecule has 4 aliphatic carbocycles. The molecule has 2 aliphatic heterocycles. The first kappa shape index (κ1) is 27.0. The topological polar surface area (TPSA) is 112 Å². The fourth-order valence-corrected chi connectivity index (χ4v) is 11.8. The van der Waals surface area contributed by atoms with Crippen molar-refractivity contribution in [3.63, 3.8) is 0 Å². The Bertz CT molecular complexity index is 1080.